The average Bonchev–Trinajstić information content (AvgIpc) is 2.37. The molecule has 0 aliphatic carbocycles. The summed E-state index contributed by atoms with van der Waals surface area (Å²) in [5, 5.41) is -0.0355. The van der Waals surface area contributed by atoms with Gasteiger partial charge in [-0.25, -0.2) is 4.98 Å². The largest absolute Gasteiger partial charge is 0.416 e. The summed E-state index contributed by atoms with van der Waals surface area (Å²) in [7, 11) is 0. The van der Waals surface area contributed by atoms with Crippen LogP contribution in [0, 0.1) is 6.92 Å². The van der Waals surface area contributed by atoms with Crippen molar-refractivity contribution in [2.45, 2.75) is 13.1 Å². The Morgan fingerprint density at radius 3 is 2.55 bits per heavy atom. The molecule has 1 aromatic carbocycles. The number of hydrogen-bond donors (Lipinski definition) is 0. The maximum Gasteiger partial charge on any atom is 0.416 e. The molecule has 2 aromatic rings. The van der Waals surface area contributed by atoms with E-state index in [9.17, 15) is 18.0 Å². The fourth-order valence-corrected chi connectivity index (χ4v) is 2.11. The Bertz CT molecular complexity index is 668. The first-order valence-electron chi connectivity index (χ1n) is 5.62. The van der Waals surface area contributed by atoms with Gasteiger partial charge in [0.25, 0.3) is 0 Å². The van der Waals surface area contributed by atoms with Crippen molar-refractivity contribution in [1.82, 2.24) is 4.98 Å². The molecule has 0 aliphatic heterocycles. The Morgan fingerprint density at radius 2 is 1.95 bits per heavy atom. The summed E-state index contributed by atoms with van der Waals surface area (Å²) in [5.74, 6) is 0. The van der Waals surface area contributed by atoms with Gasteiger partial charge >= 0.3 is 6.18 Å². The summed E-state index contributed by atoms with van der Waals surface area (Å²) in [6, 6.07) is 5.35. The minimum Gasteiger partial charge on any atom is -0.298 e. The molecule has 1 aromatic heterocycles. The summed E-state index contributed by atoms with van der Waals surface area (Å²) in [5.41, 5.74) is 0.0554. The van der Waals surface area contributed by atoms with Gasteiger partial charge in [-0.2, -0.15) is 13.2 Å². The SMILES string of the molecule is Cc1ccc(-c2ccnc(Cl)c2C=O)cc1C(F)(F)F. The number of nitrogens with zero attached hydrogens (tertiary/aromatic N) is 1. The highest BCUT2D eigenvalue weighted by atomic mass is 35.5. The third-order valence-corrected chi connectivity index (χ3v) is 3.21. The Morgan fingerprint density at radius 1 is 1.25 bits per heavy atom. The van der Waals surface area contributed by atoms with E-state index in [0.717, 1.165) is 6.07 Å². The van der Waals surface area contributed by atoms with Crippen molar-refractivity contribution in [3.63, 3.8) is 0 Å². The van der Waals surface area contributed by atoms with Gasteiger partial charge in [-0.05, 0) is 35.7 Å². The molecule has 0 atom stereocenters. The second-order valence-corrected chi connectivity index (χ2v) is 4.57. The highest BCUT2D eigenvalue weighted by Gasteiger charge is 2.32. The number of hydrogen-bond acceptors (Lipinski definition) is 2. The van der Waals surface area contributed by atoms with Gasteiger partial charge in [0.15, 0.2) is 6.29 Å². The third kappa shape index (κ3) is 2.67. The number of benzene rings is 1. The van der Waals surface area contributed by atoms with Crippen LogP contribution >= 0.6 is 11.6 Å². The highest BCUT2D eigenvalue weighted by molar-refractivity contribution is 6.32. The molecule has 0 saturated carbocycles. The van der Waals surface area contributed by atoms with E-state index in [1.165, 1.54) is 31.3 Å². The Kier molecular flexibility index (Phi) is 3.81. The zero-order valence-corrected chi connectivity index (χ0v) is 11.1. The molecular formula is C14H9ClF3NO. The van der Waals surface area contributed by atoms with Crippen molar-refractivity contribution in [2.24, 2.45) is 0 Å². The Hall–Kier alpha value is -1.88. The first-order chi connectivity index (χ1) is 9.34. The van der Waals surface area contributed by atoms with E-state index in [4.69, 9.17) is 11.6 Å². The lowest BCUT2D eigenvalue weighted by atomic mass is 9.97. The smallest absolute Gasteiger partial charge is 0.298 e. The van der Waals surface area contributed by atoms with E-state index in [-0.39, 0.29) is 21.8 Å². The van der Waals surface area contributed by atoms with E-state index in [1.54, 1.807) is 0 Å². The molecule has 20 heavy (non-hydrogen) atoms. The van der Waals surface area contributed by atoms with Crippen LogP contribution < -0.4 is 0 Å². The zero-order chi connectivity index (χ0) is 14.9. The van der Waals surface area contributed by atoms with Crippen LogP contribution in [0.3, 0.4) is 0 Å². The molecule has 0 saturated heterocycles. The number of carbonyl (C=O) groups is 1. The van der Waals surface area contributed by atoms with Gasteiger partial charge in [-0.15, -0.1) is 0 Å². The molecule has 0 unspecified atom stereocenters. The molecule has 104 valence electrons. The van der Waals surface area contributed by atoms with Crippen LogP contribution in [0.2, 0.25) is 5.15 Å². The maximum absolute atomic E-state index is 12.9. The van der Waals surface area contributed by atoms with E-state index in [2.05, 4.69) is 4.98 Å². The number of aromatic nitrogens is 1. The molecule has 6 heteroatoms. The second-order valence-electron chi connectivity index (χ2n) is 4.21. The van der Waals surface area contributed by atoms with Gasteiger partial charge < -0.3 is 0 Å². The summed E-state index contributed by atoms with van der Waals surface area (Å²) < 4.78 is 38.7. The fourth-order valence-electron chi connectivity index (χ4n) is 1.91. The molecule has 0 fully saturated rings. The van der Waals surface area contributed by atoms with E-state index in [1.807, 2.05) is 0 Å². The zero-order valence-electron chi connectivity index (χ0n) is 10.3. The first kappa shape index (κ1) is 14.5. The van der Waals surface area contributed by atoms with Gasteiger partial charge in [0.2, 0.25) is 0 Å². The monoisotopic (exact) mass is 299 g/mol. The molecule has 0 aliphatic rings. The predicted octanol–water partition coefficient (Wildman–Crippen LogP) is 4.54. The molecule has 0 amide bonds. The summed E-state index contributed by atoms with van der Waals surface area (Å²) >= 11 is 5.78. The quantitative estimate of drug-likeness (QED) is 0.602. The number of pyridine rings is 1. The molecule has 1 heterocycles. The van der Waals surface area contributed by atoms with Crippen LogP contribution in [0.1, 0.15) is 21.5 Å². The normalized spacial score (nSPS) is 11.4. The Labute approximate surface area is 118 Å². The van der Waals surface area contributed by atoms with E-state index < -0.39 is 11.7 Å². The lowest BCUT2D eigenvalue weighted by Crippen LogP contribution is -2.07. The molecule has 2 rings (SSSR count). The van der Waals surface area contributed by atoms with Crippen LogP contribution in [-0.2, 0) is 6.18 Å². The summed E-state index contributed by atoms with van der Waals surface area (Å²) in [4.78, 5) is 14.8. The number of aldehydes is 1. The molecule has 2 nitrogen and oxygen atoms in total. The van der Waals surface area contributed by atoms with Gasteiger partial charge in [0.1, 0.15) is 5.15 Å². The van der Waals surface area contributed by atoms with Crippen LogP contribution in [0.15, 0.2) is 30.5 Å². The highest BCUT2D eigenvalue weighted by Crippen LogP contribution is 2.35. The fraction of sp³-hybridized carbons (Fsp3) is 0.143. The van der Waals surface area contributed by atoms with Crippen molar-refractivity contribution in [2.75, 3.05) is 0 Å². The van der Waals surface area contributed by atoms with Gasteiger partial charge in [0.05, 0.1) is 11.1 Å². The third-order valence-electron chi connectivity index (χ3n) is 2.91. The van der Waals surface area contributed by atoms with Crippen LogP contribution in [-0.4, -0.2) is 11.3 Å². The van der Waals surface area contributed by atoms with E-state index >= 15 is 0 Å². The number of aryl methyl sites for hydroxylation is 1. The second kappa shape index (κ2) is 5.25. The van der Waals surface area contributed by atoms with Crippen LogP contribution in [0.5, 0.6) is 0 Å². The van der Waals surface area contributed by atoms with Crippen molar-refractivity contribution >= 4 is 17.9 Å². The number of alkyl halides is 3. The molecule has 0 N–H and O–H groups in total. The lowest BCUT2D eigenvalue weighted by Gasteiger charge is -2.13. The summed E-state index contributed by atoms with van der Waals surface area (Å²) in [6.07, 6.45) is -2.62. The minimum atomic E-state index is -4.45. The predicted molar refractivity (Wildman–Crippen MR) is 69.8 cm³/mol. The van der Waals surface area contributed by atoms with Crippen LogP contribution in [0.4, 0.5) is 13.2 Å². The first-order valence-corrected chi connectivity index (χ1v) is 6.00. The lowest BCUT2D eigenvalue weighted by molar-refractivity contribution is -0.138. The molecule has 0 radical (unpaired) electrons. The topological polar surface area (TPSA) is 30.0 Å². The van der Waals surface area contributed by atoms with Crippen LogP contribution in [0.25, 0.3) is 11.1 Å². The molecule has 0 bridgehead atoms. The average molecular weight is 300 g/mol. The number of carbonyl (C=O) groups excluding carboxylic acids is 1. The summed E-state index contributed by atoms with van der Waals surface area (Å²) in [6.45, 7) is 1.38. The molecule has 0 spiro atoms. The van der Waals surface area contributed by atoms with Gasteiger partial charge in [-0.1, -0.05) is 23.7 Å². The van der Waals surface area contributed by atoms with E-state index in [0.29, 0.717) is 11.8 Å². The minimum absolute atomic E-state index is 0.0355. The standard InChI is InChI=1S/C14H9ClF3NO/c1-8-2-3-9(6-12(8)14(16,17)18)10-4-5-19-13(15)11(10)7-20/h2-7H,1H3. The van der Waals surface area contributed by atoms with Crippen molar-refractivity contribution in [3.05, 3.63) is 52.3 Å². The van der Waals surface area contributed by atoms with Gasteiger partial charge in [-0.3, -0.25) is 4.79 Å². The van der Waals surface area contributed by atoms with Crippen molar-refractivity contribution in [1.29, 1.82) is 0 Å². The van der Waals surface area contributed by atoms with Crippen molar-refractivity contribution in [3.8, 4) is 11.1 Å². The van der Waals surface area contributed by atoms with Gasteiger partial charge in [0, 0.05) is 6.20 Å². The van der Waals surface area contributed by atoms with Crippen molar-refractivity contribution < 1.29 is 18.0 Å². The molecular weight excluding hydrogens is 291 g/mol. The maximum atomic E-state index is 12.9. The Balaban J connectivity index is 2.66. The number of rotatable bonds is 2. The number of halogens is 4.